The Morgan fingerprint density at radius 3 is 2.85 bits per heavy atom. The second kappa shape index (κ2) is 5.96. The number of nitrogens with zero attached hydrogens (tertiary/aromatic N) is 2. The molecule has 0 saturated carbocycles. The standard InChI is InChI=1S/C11H14ClN3O4S/c12-8-3-1-2-4-10(8)20(17,18)15-5-6-19-9(7-15)11(13)14-16/h1-4,9,16H,5-7H2,(H2,13,14). The van der Waals surface area contributed by atoms with E-state index in [1.165, 1.54) is 16.4 Å². The molecule has 1 aromatic rings. The highest BCUT2D eigenvalue weighted by molar-refractivity contribution is 7.89. The molecule has 1 fully saturated rings. The number of sulfonamides is 1. The zero-order valence-electron chi connectivity index (χ0n) is 10.4. The number of amidine groups is 1. The van der Waals surface area contributed by atoms with E-state index in [-0.39, 0.29) is 35.5 Å². The molecule has 0 radical (unpaired) electrons. The van der Waals surface area contributed by atoms with Gasteiger partial charge in [-0.2, -0.15) is 4.31 Å². The van der Waals surface area contributed by atoms with Crippen LogP contribution in [-0.2, 0) is 14.8 Å². The molecule has 2 rings (SSSR count). The molecule has 1 atom stereocenters. The number of morpholine rings is 1. The Balaban J connectivity index is 2.29. The van der Waals surface area contributed by atoms with E-state index in [1.54, 1.807) is 12.1 Å². The molecule has 1 heterocycles. The molecule has 7 nitrogen and oxygen atoms in total. The topological polar surface area (TPSA) is 105 Å². The largest absolute Gasteiger partial charge is 0.409 e. The van der Waals surface area contributed by atoms with Crippen molar-refractivity contribution >= 4 is 27.5 Å². The molecule has 3 N–H and O–H groups in total. The number of oxime groups is 1. The number of nitrogens with two attached hydrogens (primary N) is 1. The fourth-order valence-corrected chi connectivity index (χ4v) is 3.80. The maximum Gasteiger partial charge on any atom is 0.244 e. The second-order valence-corrected chi connectivity index (χ2v) is 6.49. The van der Waals surface area contributed by atoms with Gasteiger partial charge in [-0.05, 0) is 12.1 Å². The van der Waals surface area contributed by atoms with Crippen LogP contribution in [0.4, 0.5) is 0 Å². The third-order valence-corrected chi connectivity index (χ3v) is 5.29. The summed E-state index contributed by atoms with van der Waals surface area (Å²) < 4.78 is 31.5. The fourth-order valence-electron chi connectivity index (χ4n) is 1.88. The summed E-state index contributed by atoms with van der Waals surface area (Å²) in [6.45, 7) is 0.316. The minimum atomic E-state index is -3.74. The molecule has 0 amide bonds. The van der Waals surface area contributed by atoms with Crippen LogP contribution < -0.4 is 5.73 Å². The summed E-state index contributed by atoms with van der Waals surface area (Å²) in [7, 11) is -3.74. The Hall–Kier alpha value is -1.35. The summed E-state index contributed by atoms with van der Waals surface area (Å²) in [5.41, 5.74) is 5.45. The first-order chi connectivity index (χ1) is 9.46. The van der Waals surface area contributed by atoms with Crippen LogP contribution in [-0.4, -0.2) is 49.6 Å². The molecule has 1 aromatic carbocycles. The lowest BCUT2D eigenvalue weighted by molar-refractivity contribution is 0.0355. The summed E-state index contributed by atoms with van der Waals surface area (Å²) in [4.78, 5) is 0.0295. The SMILES string of the molecule is NC(=NO)C1CN(S(=O)(=O)c2ccccc2Cl)CCO1. The summed E-state index contributed by atoms with van der Waals surface area (Å²) in [6.07, 6.45) is -0.772. The van der Waals surface area contributed by atoms with Gasteiger partial charge in [-0.1, -0.05) is 28.9 Å². The minimum absolute atomic E-state index is 0.0244. The van der Waals surface area contributed by atoms with E-state index in [9.17, 15) is 8.42 Å². The van der Waals surface area contributed by atoms with Gasteiger partial charge in [0.1, 0.15) is 11.0 Å². The van der Waals surface area contributed by atoms with Gasteiger partial charge in [0, 0.05) is 13.1 Å². The Kier molecular flexibility index (Phi) is 4.48. The highest BCUT2D eigenvalue weighted by Crippen LogP contribution is 2.25. The van der Waals surface area contributed by atoms with Crippen LogP contribution in [0.2, 0.25) is 5.02 Å². The highest BCUT2D eigenvalue weighted by atomic mass is 35.5. The first-order valence-corrected chi connectivity index (χ1v) is 7.62. The predicted molar refractivity (Wildman–Crippen MR) is 73.4 cm³/mol. The summed E-state index contributed by atoms with van der Waals surface area (Å²) >= 11 is 5.93. The Labute approximate surface area is 121 Å². The van der Waals surface area contributed by atoms with Crippen molar-refractivity contribution in [2.45, 2.75) is 11.0 Å². The molecule has 1 saturated heterocycles. The lowest BCUT2D eigenvalue weighted by Gasteiger charge is -2.31. The average molecular weight is 320 g/mol. The maximum atomic E-state index is 12.5. The lowest BCUT2D eigenvalue weighted by Crippen LogP contribution is -2.50. The normalized spacial score (nSPS) is 21.9. The van der Waals surface area contributed by atoms with E-state index in [1.807, 2.05) is 0 Å². The van der Waals surface area contributed by atoms with Gasteiger partial charge < -0.3 is 15.7 Å². The number of halogens is 1. The van der Waals surface area contributed by atoms with Gasteiger partial charge in [-0.3, -0.25) is 0 Å². The molecule has 1 aliphatic heterocycles. The van der Waals surface area contributed by atoms with Crippen molar-refractivity contribution in [2.24, 2.45) is 10.9 Å². The monoisotopic (exact) mass is 319 g/mol. The van der Waals surface area contributed by atoms with Crippen LogP contribution in [0.1, 0.15) is 0 Å². The fraction of sp³-hybridized carbons (Fsp3) is 0.364. The minimum Gasteiger partial charge on any atom is -0.409 e. The highest BCUT2D eigenvalue weighted by Gasteiger charge is 2.33. The van der Waals surface area contributed by atoms with Gasteiger partial charge in [-0.25, -0.2) is 8.42 Å². The number of hydrogen-bond acceptors (Lipinski definition) is 5. The Bertz CT molecular complexity index is 620. The molecular formula is C11H14ClN3O4S. The van der Waals surface area contributed by atoms with E-state index in [2.05, 4.69) is 5.16 Å². The van der Waals surface area contributed by atoms with Gasteiger partial charge in [0.15, 0.2) is 5.84 Å². The van der Waals surface area contributed by atoms with E-state index >= 15 is 0 Å². The van der Waals surface area contributed by atoms with Crippen molar-refractivity contribution < 1.29 is 18.4 Å². The summed E-state index contributed by atoms with van der Waals surface area (Å²) in [5.74, 6) is -0.163. The Morgan fingerprint density at radius 1 is 1.50 bits per heavy atom. The molecule has 0 bridgehead atoms. The zero-order valence-corrected chi connectivity index (χ0v) is 12.0. The van der Waals surface area contributed by atoms with Crippen LogP contribution >= 0.6 is 11.6 Å². The molecule has 110 valence electrons. The second-order valence-electron chi connectivity index (χ2n) is 4.18. The van der Waals surface area contributed by atoms with Crippen molar-refractivity contribution in [3.8, 4) is 0 Å². The molecular weight excluding hydrogens is 306 g/mol. The van der Waals surface area contributed by atoms with Crippen LogP contribution in [0.15, 0.2) is 34.3 Å². The van der Waals surface area contributed by atoms with Gasteiger partial charge in [0.2, 0.25) is 10.0 Å². The van der Waals surface area contributed by atoms with Crippen molar-refractivity contribution in [1.29, 1.82) is 0 Å². The number of ether oxygens (including phenoxy) is 1. The zero-order chi connectivity index (χ0) is 14.8. The van der Waals surface area contributed by atoms with Crippen molar-refractivity contribution in [1.82, 2.24) is 4.31 Å². The quantitative estimate of drug-likeness (QED) is 0.365. The van der Waals surface area contributed by atoms with E-state index in [0.29, 0.717) is 0 Å². The first kappa shape index (κ1) is 15.0. The molecule has 0 aliphatic carbocycles. The van der Waals surface area contributed by atoms with Crippen LogP contribution in [0.25, 0.3) is 0 Å². The third kappa shape index (κ3) is 2.88. The number of hydrogen-bond donors (Lipinski definition) is 2. The molecule has 20 heavy (non-hydrogen) atoms. The van der Waals surface area contributed by atoms with Crippen molar-refractivity contribution in [3.05, 3.63) is 29.3 Å². The molecule has 0 spiro atoms. The van der Waals surface area contributed by atoms with Gasteiger partial charge in [-0.15, -0.1) is 0 Å². The van der Waals surface area contributed by atoms with Crippen molar-refractivity contribution in [2.75, 3.05) is 19.7 Å². The van der Waals surface area contributed by atoms with E-state index in [0.717, 1.165) is 0 Å². The van der Waals surface area contributed by atoms with Gasteiger partial charge in [0.25, 0.3) is 0 Å². The van der Waals surface area contributed by atoms with Gasteiger partial charge in [0.05, 0.1) is 11.6 Å². The molecule has 0 aromatic heterocycles. The number of rotatable bonds is 3. The molecule has 1 aliphatic rings. The van der Waals surface area contributed by atoms with E-state index in [4.69, 9.17) is 27.3 Å². The number of benzene rings is 1. The lowest BCUT2D eigenvalue weighted by atomic mass is 10.3. The average Bonchev–Trinajstić information content (AvgIpc) is 2.47. The predicted octanol–water partition coefficient (Wildman–Crippen LogP) is 0.476. The van der Waals surface area contributed by atoms with Gasteiger partial charge >= 0.3 is 0 Å². The first-order valence-electron chi connectivity index (χ1n) is 5.80. The van der Waals surface area contributed by atoms with E-state index < -0.39 is 16.1 Å². The van der Waals surface area contributed by atoms with Crippen LogP contribution in [0.5, 0.6) is 0 Å². The Morgan fingerprint density at radius 2 is 2.20 bits per heavy atom. The summed E-state index contributed by atoms with van der Waals surface area (Å²) in [6, 6.07) is 6.20. The summed E-state index contributed by atoms with van der Waals surface area (Å²) in [5, 5.41) is 11.6. The van der Waals surface area contributed by atoms with Crippen molar-refractivity contribution in [3.63, 3.8) is 0 Å². The maximum absolute atomic E-state index is 12.5. The smallest absolute Gasteiger partial charge is 0.244 e. The van der Waals surface area contributed by atoms with Crippen LogP contribution in [0.3, 0.4) is 0 Å². The third-order valence-electron chi connectivity index (χ3n) is 2.93. The van der Waals surface area contributed by atoms with Crippen LogP contribution in [0, 0.1) is 0 Å². The molecule has 9 heteroatoms. The molecule has 1 unspecified atom stereocenters.